The van der Waals surface area contributed by atoms with Crippen LogP contribution in [0, 0.1) is 0 Å². The molecule has 0 bridgehead atoms. The van der Waals surface area contributed by atoms with E-state index in [9.17, 15) is 9.59 Å². The summed E-state index contributed by atoms with van der Waals surface area (Å²) in [6.07, 6.45) is 1.64. The number of hydrogen-bond donors (Lipinski definition) is 2. The molecule has 0 radical (unpaired) electrons. The minimum absolute atomic E-state index is 0.318. The fourth-order valence-corrected chi connectivity index (χ4v) is 4.01. The van der Waals surface area contributed by atoms with E-state index in [1.165, 1.54) is 11.3 Å². The number of nitrogens with zero attached hydrogens (tertiary/aromatic N) is 2. The number of rotatable bonds is 3. The smallest absolute Gasteiger partial charge is 0.331 e. The van der Waals surface area contributed by atoms with Crippen LogP contribution in [0.1, 0.15) is 35.0 Å². The maximum absolute atomic E-state index is 12.8. The van der Waals surface area contributed by atoms with E-state index < -0.39 is 5.91 Å². The third-order valence-corrected chi connectivity index (χ3v) is 5.38. The first-order valence-electron chi connectivity index (χ1n) is 7.89. The van der Waals surface area contributed by atoms with Crippen molar-refractivity contribution in [1.29, 1.82) is 0 Å². The molecule has 3 aromatic rings. The van der Waals surface area contributed by atoms with Crippen molar-refractivity contribution >= 4 is 50.6 Å². The Balaban J connectivity index is 1.95. The average molecular weight is 352 g/mol. The molecular weight excluding hydrogens is 336 g/mol. The van der Waals surface area contributed by atoms with Gasteiger partial charge < -0.3 is 11.1 Å². The van der Waals surface area contributed by atoms with Crippen LogP contribution in [-0.2, 0) is 0 Å². The summed E-state index contributed by atoms with van der Waals surface area (Å²) < 4.78 is 0. The number of nitrogens with two attached hydrogens (primary N) is 1. The van der Waals surface area contributed by atoms with E-state index in [1.54, 1.807) is 17.2 Å². The third-order valence-electron chi connectivity index (χ3n) is 4.26. The molecule has 2 aromatic heterocycles. The van der Waals surface area contributed by atoms with Crippen LogP contribution in [0.2, 0.25) is 0 Å². The number of carbonyl (C=O) groups is 2. The second-order valence-electron chi connectivity index (χ2n) is 6.20. The van der Waals surface area contributed by atoms with Gasteiger partial charge in [-0.1, -0.05) is 26.0 Å². The van der Waals surface area contributed by atoms with Gasteiger partial charge in [-0.15, -0.1) is 11.3 Å². The SMILES string of the molecule is CC(C)c1cccc(N2C(=O)Nc3c(C(N)=O)sc4nccc2c34)c1. The predicted molar refractivity (Wildman–Crippen MR) is 99.8 cm³/mol. The van der Waals surface area contributed by atoms with Crippen LogP contribution in [0.4, 0.5) is 21.9 Å². The van der Waals surface area contributed by atoms with Crippen LogP contribution >= 0.6 is 11.3 Å². The fourth-order valence-electron chi connectivity index (χ4n) is 3.04. The van der Waals surface area contributed by atoms with Crippen molar-refractivity contribution in [2.45, 2.75) is 19.8 Å². The summed E-state index contributed by atoms with van der Waals surface area (Å²) in [7, 11) is 0. The topological polar surface area (TPSA) is 88.3 Å². The summed E-state index contributed by atoms with van der Waals surface area (Å²) in [6.45, 7) is 4.21. The number of anilines is 3. The molecule has 4 rings (SSSR count). The van der Waals surface area contributed by atoms with Gasteiger partial charge in [0.2, 0.25) is 0 Å². The highest BCUT2D eigenvalue weighted by atomic mass is 32.1. The number of urea groups is 1. The zero-order valence-corrected chi connectivity index (χ0v) is 14.6. The third kappa shape index (κ3) is 2.35. The van der Waals surface area contributed by atoms with Crippen molar-refractivity contribution in [2.75, 3.05) is 10.2 Å². The van der Waals surface area contributed by atoms with Crippen LogP contribution in [0.15, 0.2) is 36.5 Å². The van der Waals surface area contributed by atoms with Crippen LogP contribution in [0.5, 0.6) is 0 Å². The fraction of sp³-hybridized carbons (Fsp3) is 0.167. The zero-order valence-electron chi connectivity index (χ0n) is 13.7. The number of aromatic nitrogens is 1. The van der Waals surface area contributed by atoms with Gasteiger partial charge >= 0.3 is 6.03 Å². The van der Waals surface area contributed by atoms with Crippen molar-refractivity contribution in [3.63, 3.8) is 0 Å². The number of thiophene rings is 1. The van der Waals surface area contributed by atoms with Crippen molar-refractivity contribution in [3.8, 4) is 0 Å². The van der Waals surface area contributed by atoms with E-state index >= 15 is 0 Å². The highest BCUT2D eigenvalue weighted by Gasteiger charge is 2.32. The Morgan fingerprint density at radius 1 is 1.32 bits per heavy atom. The molecule has 3 amide bonds. The lowest BCUT2D eigenvalue weighted by Crippen LogP contribution is -2.34. The highest BCUT2D eigenvalue weighted by Crippen LogP contribution is 2.45. The summed E-state index contributed by atoms with van der Waals surface area (Å²) in [5.74, 6) is -0.220. The molecule has 6 nitrogen and oxygen atoms in total. The Kier molecular flexibility index (Phi) is 3.47. The second kappa shape index (κ2) is 5.56. The van der Waals surface area contributed by atoms with Gasteiger partial charge in [0.05, 0.1) is 22.4 Å². The largest absolute Gasteiger partial charge is 0.365 e. The van der Waals surface area contributed by atoms with Crippen molar-refractivity contribution in [2.24, 2.45) is 5.73 Å². The average Bonchev–Trinajstić information content (AvgIpc) is 2.95. The van der Waals surface area contributed by atoms with Crippen molar-refractivity contribution in [3.05, 3.63) is 47.0 Å². The van der Waals surface area contributed by atoms with Gasteiger partial charge in [0, 0.05) is 6.20 Å². The van der Waals surface area contributed by atoms with E-state index in [4.69, 9.17) is 5.73 Å². The molecule has 7 heteroatoms. The van der Waals surface area contributed by atoms with Gasteiger partial charge in [-0.05, 0) is 29.7 Å². The Bertz CT molecular complexity index is 1030. The quantitative estimate of drug-likeness (QED) is 0.740. The summed E-state index contributed by atoms with van der Waals surface area (Å²) in [5, 5.41) is 3.55. The normalized spacial score (nSPS) is 13.4. The molecule has 0 aliphatic carbocycles. The molecule has 0 fully saturated rings. The summed E-state index contributed by atoms with van der Waals surface area (Å²) >= 11 is 1.19. The second-order valence-corrected chi connectivity index (χ2v) is 7.19. The zero-order chi connectivity index (χ0) is 17.7. The lowest BCUT2D eigenvalue weighted by molar-refractivity contribution is 0.100. The van der Waals surface area contributed by atoms with Crippen LogP contribution in [0.25, 0.3) is 10.2 Å². The van der Waals surface area contributed by atoms with Gasteiger partial charge in [-0.25, -0.2) is 9.78 Å². The molecule has 1 aromatic carbocycles. The van der Waals surface area contributed by atoms with Gasteiger partial charge in [-0.2, -0.15) is 0 Å². The molecule has 0 spiro atoms. The minimum atomic E-state index is -0.570. The standard InChI is InChI=1S/C18H16N4O2S/c1-9(2)10-4-3-5-11(8-10)22-12-6-7-20-17-13(12)14(21-18(22)24)15(25-17)16(19)23/h3-9H,1-2H3,(H2,19,23)(H,21,24). The molecular formula is C18H16N4O2S. The molecule has 3 N–H and O–H groups in total. The van der Waals surface area contributed by atoms with E-state index in [0.29, 0.717) is 27.0 Å². The number of amides is 3. The number of nitrogens with one attached hydrogen (secondary N) is 1. The lowest BCUT2D eigenvalue weighted by Gasteiger charge is -2.28. The number of primary amides is 1. The number of carbonyl (C=O) groups excluding carboxylic acids is 2. The Morgan fingerprint density at radius 3 is 2.84 bits per heavy atom. The van der Waals surface area contributed by atoms with Crippen LogP contribution in [-0.4, -0.2) is 16.9 Å². The maximum atomic E-state index is 12.8. The van der Waals surface area contributed by atoms with E-state index in [0.717, 1.165) is 16.6 Å². The molecule has 25 heavy (non-hydrogen) atoms. The van der Waals surface area contributed by atoms with Gasteiger partial charge in [0.15, 0.2) is 0 Å². The summed E-state index contributed by atoms with van der Waals surface area (Å²) in [4.78, 5) is 31.4. The molecule has 3 heterocycles. The molecule has 1 aliphatic rings. The Morgan fingerprint density at radius 2 is 2.12 bits per heavy atom. The summed E-state index contributed by atoms with van der Waals surface area (Å²) in [5.41, 5.74) is 8.52. The van der Waals surface area contributed by atoms with Gasteiger partial charge in [0.25, 0.3) is 5.91 Å². The first kappa shape index (κ1) is 15.6. The number of hydrogen-bond acceptors (Lipinski definition) is 4. The highest BCUT2D eigenvalue weighted by molar-refractivity contribution is 7.21. The number of pyridine rings is 1. The first-order valence-corrected chi connectivity index (χ1v) is 8.71. The van der Waals surface area contributed by atoms with Crippen molar-refractivity contribution < 1.29 is 9.59 Å². The molecule has 0 unspecified atom stereocenters. The van der Waals surface area contributed by atoms with Crippen LogP contribution in [0.3, 0.4) is 0 Å². The lowest BCUT2D eigenvalue weighted by atomic mass is 10.0. The van der Waals surface area contributed by atoms with Crippen molar-refractivity contribution in [1.82, 2.24) is 4.98 Å². The first-order chi connectivity index (χ1) is 12.0. The Hall–Kier alpha value is -2.93. The molecule has 126 valence electrons. The molecule has 0 saturated heterocycles. The molecule has 1 aliphatic heterocycles. The summed E-state index contributed by atoms with van der Waals surface area (Å²) in [6, 6.07) is 9.34. The molecule has 0 atom stereocenters. The maximum Gasteiger partial charge on any atom is 0.331 e. The molecule has 0 saturated carbocycles. The Labute approximate surface area is 148 Å². The van der Waals surface area contributed by atoms with E-state index in [1.807, 2.05) is 24.3 Å². The monoisotopic (exact) mass is 352 g/mol. The van der Waals surface area contributed by atoms with E-state index in [-0.39, 0.29) is 6.03 Å². The van der Waals surface area contributed by atoms with E-state index in [2.05, 4.69) is 24.1 Å². The minimum Gasteiger partial charge on any atom is -0.365 e. The van der Waals surface area contributed by atoms with Gasteiger partial charge in [0.1, 0.15) is 9.71 Å². The number of benzene rings is 1. The van der Waals surface area contributed by atoms with Crippen LogP contribution < -0.4 is 16.0 Å². The van der Waals surface area contributed by atoms with Gasteiger partial charge in [-0.3, -0.25) is 9.69 Å². The predicted octanol–water partition coefficient (Wildman–Crippen LogP) is 4.20.